The molecule has 3 aromatic rings. The number of nitrogens with one attached hydrogen (secondary N) is 2. The van der Waals surface area contributed by atoms with Crippen molar-refractivity contribution in [3.8, 4) is 5.75 Å². The van der Waals surface area contributed by atoms with Crippen LogP contribution in [-0.4, -0.2) is 57.7 Å². The van der Waals surface area contributed by atoms with Gasteiger partial charge in [-0.2, -0.15) is 0 Å². The summed E-state index contributed by atoms with van der Waals surface area (Å²) >= 11 is 0. The largest absolute Gasteiger partial charge is 0.492 e. The van der Waals surface area contributed by atoms with Gasteiger partial charge in [0.05, 0.1) is 17.8 Å². The third-order valence-electron chi connectivity index (χ3n) is 3.89. The Morgan fingerprint density at radius 1 is 0.968 bits per heavy atom. The number of aromatic nitrogens is 4. The van der Waals surface area contributed by atoms with Crippen molar-refractivity contribution >= 4 is 23.5 Å². The highest BCUT2D eigenvalue weighted by Gasteiger charge is 2.16. The number of amides is 2. The van der Waals surface area contributed by atoms with E-state index in [1.54, 1.807) is 18.2 Å². The molecule has 2 N–H and O–H groups in total. The van der Waals surface area contributed by atoms with Gasteiger partial charge >= 0.3 is 5.97 Å². The van der Waals surface area contributed by atoms with E-state index in [-0.39, 0.29) is 30.9 Å². The predicted octanol–water partition coefficient (Wildman–Crippen LogP) is 0.664. The number of rotatable bonds is 10. The molecule has 0 aliphatic heterocycles. The normalized spacial score (nSPS) is 10.2. The number of carbonyl (C=O) groups excluding carboxylic acids is 3. The van der Waals surface area contributed by atoms with Gasteiger partial charge in [0.15, 0.2) is 6.61 Å². The van der Waals surface area contributed by atoms with Crippen LogP contribution in [0.25, 0.3) is 0 Å². The van der Waals surface area contributed by atoms with E-state index in [9.17, 15) is 14.4 Å². The summed E-state index contributed by atoms with van der Waals surface area (Å²) < 4.78 is 11.8. The third-order valence-corrected chi connectivity index (χ3v) is 3.89. The highest BCUT2D eigenvalue weighted by Crippen LogP contribution is 2.16. The fourth-order valence-corrected chi connectivity index (χ4v) is 2.50. The molecule has 3 rings (SSSR count). The van der Waals surface area contributed by atoms with Crippen LogP contribution in [0.3, 0.4) is 0 Å². The van der Waals surface area contributed by atoms with Gasteiger partial charge in [-0.1, -0.05) is 30.3 Å². The Morgan fingerprint density at radius 2 is 1.74 bits per heavy atom. The second-order valence-corrected chi connectivity index (χ2v) is 6.19. The number of carbonyl (C=O) groups is 3. The Bertz CT molecular complexity index is 1010. The maximum absolute atomic E-state index is 12.4. The van der Waals surface area contributed by atoms with Crippen LogP contribution >= 0.6 is 0 Å². The van der Waals surface area contributed by atoms with Gasteiger partial charge < -0.3 is 20.1 Å². The van der Waals surface area contributed by atoms with Crippen molar-refractivity contribution in [1.29, 1.82) is 0 Å². The van der Waals surface area contributed by atoms with Crippen LogP contribution in [0.2, 0.25) is 0 Å². The number of esters is 1. The predicted molar refractivity (Wildman–Crippen MR) is 108 cm³/mol. The van der Waals surface area contributed by atoms with Crippen LogP contribution in [0.15, 0.2) is 60.9 Å². The molecule has 0 fully saturated rings. The summed E-state index contributed by atoms with van der Waals surface area (Å²) in [5.74, 6) is -0.940. The molecule has 0 saturated heterocycles. The monoisotopic (exact) mass is 424 g/mol. The van der Waals surface area contributed by atoms with Crippen molar-refractivity contribution in [3.63, 3.8) is 0 Å². The first-order valence-electron chi connectivity index (χ1n) is 9.33. The Kier molecular flexibility index (Phi) is 7.64. The molecule has 1 heterocycles. The van der Waals surface area contributed by atoms with Crippen molar-refractivity contribution in [1.82, 2.24) is 25.5 Å². The smallest absolute Gasteiger partial charge is 0.340 e. The van der Waals surface area contributed by atoms with E-state index in [1.165, 1.54) is 17.1 Å². The van der Waals surface area contributed by atoms with Crippen LogP contribution in [0.4, 0.5) is 5.69 Å². The van der Waals surface area contributed by atoms with Crippen LogP contribution in [-0.2, 0) is 20.9 Å². The van der Waals surface area contributed by atoms with Crippen LogP contribution in [0.1, 0.15) is 10.4 Å². The van der Waals surface area contributed by atoms with Crippen LogP contribution < -0.4 is 15.4 Å². The lowest BCUT2D eigenvalue weighted by molar-refractivity contribution is -0.124. The Balaban J connectivity index is 1.43. The van der Waals surface area contributed by atoms with Gasteiger partial charge in [0, 0.05) is 0 Å². The molecule has 1 aromatic heterocycles. The highest BCUT2D eigenvalue weighted by atomic mass is 16.5. The molecule has 2 amide bonds. The molecule has 0 unspecified atom stereocenters. The molecule has 31 heavy (non-hydrogen) atoms. The van der Waals surface area contributed by atoms with Crippen molar-refractivity contribution in [3.05, 3.63) is 66.5 Å². The number of ether oxygens (including phenoxy) is 2. The minimum atomic E-state index is -0.742. The van der Waals surface area contributed by atoms with Gasteiger partial charge in [-0.15, -0.1) is 5.10 Å². The molecule has 11 heteroatoms. The van der Waals surface area contributed by atoms with E-state index in [0.29, 0.717) is 5.75 Å². The molecular weight excluding hydrogens is 404 g/mol. The Morgan fingerprint density at radius 3 is 2.52 bits per heavy atom. The average Bonchev–Trinajstić information content (AvgIpc) is 3.29. The molecule has 0 atom stereocenters. The van der Waals surface area contributed by atoms with Gasteiger partial charge in [0.25, 0.3) is 5.91 Å². The van der Waals surface area contributed by atoms with Gasteiger partial charge in [-0.25, -0.2) is 9.48 Å². The first kappa shape index (κ1) is 21.4. The standard InChI is InChI=1S/C20H20N6O5/c27-18(12-26-14-22-24-25-26)23-17-9-5-4-8-16(17)20(29)31-13-19(28)21-10-11-30-15-6-2-1-3-7-15/h1-9,14H,10-13H2,(H,21,28)(H,23,27). The summed E-state index contributed by atoms with van der Waals surface area (Å²) in [5, 5.41) is 15.7. The lowest BCUT2D eigenvalue weighted by Gasteiger charge is -2.11. The van der Waals surface area contributed by atoms with E-state index in [1.807, 2.05) is 30.3 Å². The second-order valence-electron chi connectivity index (χ2n) is 6.19. The lowest BCUT2D eigenvalue weighted by atomic mass is 10.2. The molecular formula is C20H20N6O5. The van der Waals surface area contributed by atoms with E-state index >= 15 is 0 Å². The number of hydrogen-bond acceptors (Lipinski definition) is 8. The van der Waals surface area contributed by atoms with Gasteiger partial charge in [0.1, 0.15) is 25.2 Å². The average molecular weight is 424 g/mol. The molecule has 0 radical (unpaired) electrons. The number of tetrazole rings is 1. The molecule has 11 nitrogen and oxygen atoms in total. The molecule has 0 bridgehead atoms. The Labute approximate surface area is 177 Å². The molecule has 0 aliphatic rings. The minimum absolute atomic E-state index is 0.118. The number of benzene rings is 2. The molecule has 0 saturated carbocycles. The SMILES string of the molecule is O=C(COC(=O)c1ccccc1NC(=O)Cn1cnnn1)NCCOc1ccccc1. The second kappa shape index (κ2) is 11.0. The van der Waals surface area contributed by atoms with Gasteiger partial charge in [-0.05, 0) is 34.7 Å². The summed E-state index contributed by atoms with van der Waals surface area (Å²) in [7, 11) is 0. The summed E-state index contributed by atoms with van der Waals surface area (Å²) in [6.45, 7) is -0.0458. The molecule has 0 aliphatic carbocycles. The van der Waals surface area contributed by atoms with E-state index < -0.39 is 24.4 Å². The van der Waals surface area contributed by atoms with Crippen molar-refractivity contribution < 1.29 is 23.9 Å². The summed E-state index contributed by atoms with van der Waals surface area (Å²) in [5.41, 5.74) is 0.370. The van der Waals surface area contributed by atoms with Gasteiger partial charge in [0.2, 0.25) is 5.91 Å². The number of nitrogens with zero attached hydrogens (tertiary/aromatic N) is 4. The fraction of sp³-hybridized carbons (Fsp3) is 0.200. The fourth-order valence-electron chi connectivity index (χ4n) is 2.50. The first-order chi connectivity index (χ1) is 15.1. The van der Waals surface area contributed by atoms with Crippen molar-refractivity contribution in [2.75, 3.05) is 25.1 Å². The van der Waals surface area contributed by atoms with Gasteiger partial charge in [-0.3, -0.25) is 9.59 Å². The quantitative estimate of drug-likeness (QED) is 0.358. The zero-order chi connectivity index (χ0) is 21.9. The zero-order valence-electron chi connectivity index (χ0n) is 16.4. The zero-order valence-corrected chi connectivity index (χ0v) is 16.4. The van der Waals surface area contributed by atoms with Crippen molar-refractivity contribution in [2.45, 2.75) is 6.54 Å². The third kappa shape index (κ3) is 6.92. The molecule has 2 aromatic carbocycles. The number of anilines is 1. The summed E-state index contributed by atoms with van der Waals surface area (Å²) in [6.07, 6.45) is 1.29. The van der Waals surface area contributed by atoms with Crippen molar-refractivity contribution in [2.24, 2.45) is 0 Å². The summed E-state index contributed by atoms with van der Waals surface area (Å²) in [6, 6.07) is 15.5. The maximum Gasteiger partial charge on any atom is 0.340 e. The van der Waals surface area contributed by atoms with E-state index in [2.05, 4.69) is 26.2 Å². The highest BCUT2D eigenvalue weighted by molar-refractivity contribution is 6.01. The number of para-hydroxylation sites is 2. The molecule has 0 spiro atoms. The van der Waals surface area contributed by atoms with Crippen LogP contribution in [0, 0.1) is 0 Å². The van der Waals surface area contributed by atoms with E-state index in [0.717, 1.165) is 0 Å². The van der Waals surface area contributed by atoms with E-state index in [4.69, 9.17) is 9.47 Å². The minimum Gasteiger partial charge on any atom is -0.492 e. The molecule has 160 valence electrons. The lowest BCUT2D eigenvalue weighted by Crippen LogP contribution is -2.32. The summed E-state index contributed by atoms with van der Waals surface area (Å²) in [4.78, 5) is 36.4. The van der Waals surface area contributed by atoms with Crippen LogP contribution in [0.5, 0.6) is 5.75 Å². The Hall–Kier alpha value is -4.28. The maximum atomic E-state index is 12.4. The number of hydrogen-bond donors (Lipinski definition) is 2. The topological polar surface area (TPSA) is 137 Å². The first-order valence-corrected chi connectivity index (χ1v) is 9.33.